The highest BCUT2D eigenvalue weighted by Crippen LogP contribution is 2.22. The number of halogens is 6. The Bertz CT molecular complexity index is 412. The third-order valence-electron chi connectivity index (χ3n) is 3.14. The van der Waals surface area contributed by atoms with Crippen molar-refractivity contribution in [1.82, 2.24) is 10.2 Å². The van der Waals surface area contributed by atoms with Crippen LogP contribution in [-0.2, 0) is 14.3 Å². The number of carboxylic acids is 2. The summed E-state index contributed by atoms with van der Waals surface area (Å²) in [6.45, 7) is 5.10. The number of ether oxygens (including phenoxy) is 1. The van der Waals surface area contributed by atoms with E-state index in [4.69, 9.17) is 24.5 Å². The van der Waals surface area contributed by atoms with Crippen molar-refractivity contribution in [1.29, 1.82) is 0 Å². The number of carbonyl (C=O) groups is 2. The predicted molar refractivity (Wildman–Crippen MR) is 66.4 cm³/mol. The van der Waals surface area contributed by atoms with Gasteiger partial charge < -0.3 is 20.3 Å². The maximum atomic E-state index is 10.6. The van der Waals surface area contributed by atoms with Gasteiger partial charge in [-0.1, -0.05) is 0 Å². The summed E-state index contributed by atoms with van der Waals surface area (Å²) >= 11 is 0. The topological polar surface area (TPSA) is 99.1 Å². The summed E-state index contributed by atoms with van der Waals surface area (Å²) < 4.78 is 68.9. The molecule has 2 aliphatic rings. The monoisotopic (exact) mass is 370 g/mol. The van der Waals surface area contributed by atoms with E-state index in [2.05, 4.69) is 17.3 Å². The Morgan fingerprint density at radius 3 is 1.58 bits per heavy atom. The van der Waals surface area contributed by atoms with Gasteiger partial charge in [0.1, 0.15) is 0 Å². The van der Waals surface area contributed by atoms with Gasteiger partial charge in [0, 0.05) is 19.6 Å². The summed E-state index contributed by atoms with van der Waals surface area (Å²) in [5.41, 5.74) is 0.359. The molecule has 3 N–H and O–H groups in total. The van der Waals surface area contributed by atoms with E-state index in [-0.39, 0.29) is 0 Å². The summed E-state index contributed by atoms with van der Waals surface area (Å²) in [6, 6.07) is 0. The average molecular weight is 370 g/mol. The molecule has 0 aromatic rings. The third-order valence-corrected chi connectivity index (χ3v) is 3.14. The van der Waals surface area contributed by atoms with Gasteiger partial charge in [0.25, 0.3) is 0 Å². The number of nitrogens with zero attached hydrogens (tertiary/aromatic N) is 1. The van der Waals surface area contributed by atoms with Gasteiger partial charge in [0.05, 0.1) is 18.8 Å². The SMILES string of the molecule is CN1CCOCC12CNC2.O=C(O)C(F)(F)F.O=C(O)C(F)(F)F. The number of likely N-dealkylation sites (N-methyl/N-ethyl adjacent to an activating group) is 1. The number of alkyl halides is 6. The summed E-state index contributed by atoms with van der Waals surface area (Å²) in [5, 5.41) is 17.5. The van der Waals surface area contributed by atoms with Gasteiger partial charge in [0.15, 0.2) is 0 Å². The van der Waals surface area contributed by atoms with E-state index in [1.165, 1.54) is 0 Å². The van der Waals surface area contributed by atoms with Crippen LogP contribution in [0.2, 0.25) is 0 Å². The lowest BCUT2D eigenvalue weighted by Crippen LogP contribution is -2.72. The Morgan fingerprint density at radius 2 is 1.42 bits per heavy atom. The first-order chi connectivity index (χ1) is 10.7. The summed E-state index contributed by atoms with van der Waals surface area (Å²) in [4.78, 5) is 20.2. The number of rotatable bonds is 0. The molecular formula is C11H16F6N2O5. The quantitative estimate of drug-likeness (QED) is 0.536. The Kier molecular flexibility index (Phi) is 7.92. The molecule has 0 amide bonds. The Balaban J connectivity index is 0.000000343. The number of hydrogen-bond acceptors (Lipinski definition) is 5. The molecule has 2 aliphatic heterocycles. The highest BCUT2D eigenvalue weighted by molar-refractivity contribution is 5.73. The van der Waals surface area contributed by atoms with Crippen molar-refractivity contribution >= 4 is 11.9 Å². The largest absolute Gasteiger partial charge is 0.490 e. The first-order valence-electron chi connectivity index (χ1n) is 6.32. The molecule has 24 heavy (non-hydrogen) atoms. The van der Waals surface area contributed by atoms with Gasteiger partial charge in [-0.15, -0.1) is 0 Å². The van der Waals surface area contributed by atoms with Crippen molar-refractivity contribution in [2.75, 3.05) is 39.9 Å². The zero-order valence-electron chi connectivity index (χ0n) is 12.4. The molecule has 2 fully saturated rings. The van der Waals surface area contributed by atoms with Gasteiger partial charge in [-0.3, -0.25) is 4.90 Å². The number of aliphatic carboxylic acids is 2. The van der Waals surface area contributed by atoms with Crippen LogP contribution in [0.1, 0.15) is 0 Å². The highest BCUT2D eigenvalue weighted by Gasteiger charge is 2.42. The van der Waals surface area contributed by atoms with E-state index in [1.807, 2.05) is 0 Å². The number of hydrogen-bond donors (Lipinski definition) is 3. The lowest BCUT2D eigenvalue weighted by Gasteiger charge is -2.51. The third kappa shape index (κ3) is 7.31. The van der Waals surface area contributed by atoms with Gasteiger partial charge >= 0.3 is 24.3 Å². The van der Waals surface area contributed by atoms with Crippen molar-refractivity contribution in [3.8, 4) is 0 Å². The van der Waals surface area contributed by atoms with Crippen LogP contribution in [0, 0.1) is 0 Å². The molecule has 0 unspecified atom stereocenters. The van der Waals surface area contributed by atoms with Gasteiger partial charge in [-0.2, -0.15) is 26.3 Å². The minimum Gasteiger partial charge on any atom is -0.475 e. The first-order valence-corrected chi connectivity index (χ1v) is 6.32. The fourth-order valence-electron chi connectivity index (χ4n) is 1.60. The Labute approximate surface area is 132 Å². The molecule has 0 aromatic heterocycles. The van der Waals surface area contributed by atoms with Crippen LogP contribution in [0.25, 0.3) is 0 Å². The van der Waals surface area contributed by atoms with E-state index in [9.17, 15) is 26.3 Å². The zero-order chi connectivity index (χ0) is 19.2. The minimum absolute atomic E-state index is 0.359. The smallest absolute Gasteiger partial charge is 0.475 e. The molecule has 0 atom stereocenters. The van der Waals surface area contributed by atoms with Crippen LogP contribution in [0.15, 0.2) is 0 Å². The molecule has 2 saturated heterocycles. The standard InChI is InChI=1S/C7H14N2O.2C2HF3O2/c1-9-2-3-10-6-7(9)4-8-5-7;2*3-2(4,5)1(6)7/h8H,2-6H2,1H3;2*(H,6,7). The van der Waals surface area contributed by atoms with E-state index >= 15 is 0 Å². The van der Waals surface area contributed by atoms with Crippen LogP contribution in [0.5, 0.6) is 0 Å². The van der Waals surface area contributed by atoms with Crippen molar-refractivity contribution in [3.05, 3.63) is 0 Å². The fourth-order valence-corrected chi connectivity index (χ4v) is 1.60. The van der Waals surface area contributed by atoms with E-state index in [0.29, 0.717) is 5.54 Å². The highest BCUT2D eigenvalue weighted by atomic mass is 19.4. The second-order valence-electron chi connectivity index (χ2n) is 4.91. The molecule has 13 heteroatoms. The number of morpholine rings is 1. The molecule has 0 bridgehead atoms. The first kappa shape index (κ1) is 22.4. The molecule has 0 saturated carbocycles. The molecule has 0 aliphatic carbocycles. The molecular weight excluding hydrogens is 354 g/mol. The molecule has 2 heterocycles. The second-order valence-corrected chi connectivity index (χ2v) is 4.91. The summed E-state index contributed by atoms with van der Waals surface area (Å²) in [6.07, 6.45) is -10.2. The van der Waals surface area contributed by atoms with E-state index < -0.39 is 24.3 Å². The maximum Gasteiger partial charge on any atom is 0.490 e. The van der Waals surface area contributed by atoms with Gasteiger partial charge in [-0.05, 0) is 7.05 Å². The van der Waals surface area contributed by atoms with Gasteiger partial charge in [0.2, 0.25) is 0 Å². The number of nitrogens with one attached hydrogen (secondary N) is 1. The van der Waals surface area contributed by atoms with Gasteiger partial charge in [-0.25, -0.2) is 9.59 Å². The molecule has 0 radical (unpaired) electrons. The van der Waals surface area contributed by atoms with E-state index in [1.54, 1.807) is 0 Å². The molecule has 2 rings (SSSR count). The van der Waals surface area contributed by atoms with Crippen molar-refractivity contribution in [3.63, 3.8) is 0 Å². The second kappa shape index (κ2) is 8.48. The lowest BCUT2D eigenvalue weighted by atomic mass is 9.91. The van der Waals surface area contributed by atoms with Crippen LogP contribution in [-0.4, -0.2) is 84.8 Å². The van der Waals surface area contributed by atoms with Crippen LogP contribution in [0.4, 0.5) is 26.3 Å². The summed E-state index contributed by atoms with van der Waals surface area (Å²) in [5.74, 6) is -5.51. The average Bonchev–Trinajstić information content (AvgIpc) is 2.36. The minimum atomic E-state index is -5.08. The zero-order valence-corrected chi connectivity index (χ0v) is 12.4. The molecule has 1 spiro atoms. The van der Waals surface area contributed by atoms with E-state index in [0.717, 1.165) is 32.8 Å². The van der Waals surface area contributed by atoms with Crippen LogP contribution < -0.4 is 5.32 Å². The van der Waals surface area contributed by atoms with Crippen LogP contribution >= 0.6 is 0 Å². The summed E-state index contributed by atoms with van der Waals surface area (Å²) in [7, 11) is 2.18. The van der Waals surface area contributed by atoms with Crippen LogP contribution in [0.3, 0.4) is 0 Å². The van der Waals surface area contributed by atoms with Crippen molar-refractivity contribution < 1.29 is 50.9 Å². The molecule has 0 aromatic carbocycles. The Hall–Kier alpha value is -1.60. The van der Waals surface area contributed by atoms with Crippen molar-refractivity contribution in [2.24, 2.45) is 0 Å². The number of carboxylic acid groups (broad SMARTS) is 2. The molecule has 142 valence electrons. The maximum absolute atomic E-state index is 10.6. The predicted octanol–water partition coefficient (Wildman–Crippen LogP) is 0.557. The fraction of sp³-hybridized carbons (Fsp3) is 0.818. The lowest BCUT2D eigenvalue weighted by molar-refractivity contribution is -0.193. The Morgan fingerprint density at radius 1 is 1.04 bits per heavy atom. The van der Waals surface area contributed by atoms with Crippen molar-refractivity contribution in [2.45, 2.75) is 17.9 Å². The molecule has 7 nitrogen and oxygen atoms in total. The normalized spacial score (nSPS) is 20.0.